The van der Waals surface area contributed by atoms with Gasteiger partial charge in [-0.05, 0) is 30.4 Å². The number of amides is 1. The van der Waals surface area contributed by atoms with Gasteiger partial charge in [0.25, 0.3) is 0 Å². The van der Waals surface area contributed by atoms with E-state index >= 15 is 0 Å². The first-order chi connectivity index (χ1) is 9.20. The molecule has 1 amide bonds. The molecule has 0 spiro atoms. The number of fused-ring (bicyclic) bond motifs is 1. The second kappa shape index (κ2) is 6.68. The molecule has 1 aromatic carbocycles. The Balaban J connectivity index is 1.82. The summed E-state index contributed by atoms with van der Waals surface area (Å²) in [5.74, 6) is 0.0257. The topological polar surface area (TPSA) is 61.4 Å². The third kappa shape index (κ3) is 3.78. The lowest BCUT2D eigenvalue weighted by molar-refractivity contribution is -0.123. The third-order valence-corrected chi connectivity index (χ3v) is 3.65. The van der Waals surface area contributed by atoms with Gasteiger partial charge in [-0.2, -0.15) is 0 Å². The predicted octanol–water partition coefficient (Wildman–Crippen LogP) is 0.978. The highest BCUT2D eigenvalue weighted by Crippen LogP contribution is 2.16. The van der Waals surface area contributed by atoms with Gasteiger partial charge in [0.15, 0.2) is 0 Å². The molecule has 104 valence electrons. The van der Waals surface area contributed by atoms with Crippen molar-refractivity contribution in [2.24, 2.45) is 0 Å². The fourth-order valence-electron chi connectivity index (χ4n) is 2.33. The van der Waals surface area contributed by atoms with Crippen molar-refractivity contribution in [1.82, 2.24) is 10.6 Å². The predicted molar refractivity (Wildman–Crippen MR) is 74.7 cm³/mol. The molecule has 3 N–H and O–H groups in total. The summed E-state index contributed by atoms with van der Waals surface area (Å²) in [6, 6.07) is 8.04. The van der Waals surface area contributed by atoms with Crippen molar-refractivity contribution in [3.63, 3.8) is 0 Å². The van der Waals surface area contributed by atoms with Crippen molar-refractivity contribution in [3.05, 3.63) is 35.4 Å². The molecule has 0 aliphatic carbocycles. The molecule has 0 bridgehead atoms. The van der Waals surface area contributed by atoms with E-state index in [4.69, 9.17) is 0 Å². The van der Waals surface area contributed by atoms with Gasteiger partial charge in [-0.25, -0.2) is 0 Å². The number of benzene rings is 1. The van der Waals surface area contributed by atoms with Crippen LogP contribution in [0.4, 0.5) is 0 Å². The summed E-state index contributed by atoms with van der Waals surface area (Å²) in [7, 11) is 0. The second-order valence-corrected chi connectivity index (χ2v) is 5.05. The van der Waals surface area contributed by atoms with Gasteiger partial charge in [-0.1, -0.05) is 31.2 Å². The summed E-state index contributed by atoms with van der Waals surface area (Å²) < 4.78 is 0. The number of carbonyl (C=O) groups is 1. The maximum absolute atomic E-state index is 12.0. The first-order valence-corrected chi connectivity index (χ1v) is 6.96. The minimum absolute atomic E-state index is 0.0257. The van der Waals surface area contributed by atoms with Crippen LogP contribution < -0.4 is 10.6 Å². The third-order valence-electron chi connectivity index (χ3n) is 3.65. The molecule has 0 saturated carbocycles. The van der Waals surface area contributed by atoms with E-state index in [2.05, 4.69) is 22.8 Å². The summed E-state index contributed by atoms with van der Waals surface area (Å²) in [6.07, 6.45) is 1.76. The van der Waals surface area contributed by atoms with Crippen LogP contribution in [0.1, 0.15) is 30.9 Å². The molecular weight excluding hydrogens is 240 g/mol. The number of nitrogens with one attached hydrogen (secondary N) is 2. The number of aliphatic hydroxyl groups is 1. The maximum atomic E-state index is 12.0. The summed E-state index contributed by atoms with van der Waals surface area (Å²) in [6.45, 7) is 3.21. The van der Waals surface area contributed by atoms with E-state index in [9.17, 15) is 9.90 Å². The molecule has 1 aliphatic heterocycles. The maximum Gasteiger partial charge on any atom is 0.237 e. The molecule has 1 unspecified atom stereocenters. The normalized spacial score (nSPS) is 19.6. The van der Waals surface area contributed by atoms with Gasteiger partial charge in [0.1, 0.15) is 0 Å². The molecule has 2 rings (SSSR count). The monoisotopic (exact) mass is 262 g/mol. The number of hydrogen-bond acceptors (Lipinski definition) is 3. The Morgan fingerprint density at radius 1 is 1.47 bits per heavy atom. The van der Waals surface area contributed by atoms with Gasteiger partial charge in [0.05, 0.1) is 12.1 Å². The summed E-state index contributed by atoms with van der Waals surface area (Å²) in [5.41, 5.74) is 2.52. The van der Waals surface area contributed by atoms with Crippen molar-refractivity contribution in [2.75, 3.05) is 6.54 Å². The Labute approximate surface area is 114 Å². The number of aliphatic hydroxyl groups excluding tert-OH is 1. The summed E-state index contributed by atoms with van der Waals surface area (Å²) in [5, 5.41) is 15.6. The molecule has 0 fully saturated rings. The van der Waals surface area contributed by atoms with E-state index in [1.165, 1.54) is 11.1 Å². The molecule has 4 heteroatoms. The number of rotatable bonds is 5. The molecule has 2 atom stereocenters. The van der Waals surface area contributed by atoms with E-state index in [1.54, 1.807) is 0 Å². The van der Waals surface area contributed by atoms with Gasteiger partial charge in [-0.3, -0.25) is 4.79 Å². The van der Waals surface area contributed by atoms with Crippen molar-refractivity contribution >= 4 is 5.91 Å². The summed E-state index contributed by atoms with van der Waals surface area (Å²) >= 11 is 0. The Morgan fingerprint density at radius 3 is 2.95 bits per heavy atom. The summed E-state index contributed by atoms with van der Waals surface area (Å²) in [4.78, 5) is 12.0. The standard InChI is InChI=1S/C15H22N2O2/c1-2-13(18)7-8-16-15(19)14-9-11-5-3-4-6-12(11)10-17-14/h3-6,13-14,17-18H,2,7-10H2,1H3,(H,16,19)/t13?,14-/m0/s1. The van der Waals surface area contributed by atoms with Crippen LogP contribution in [0.5, 0.6) is 0 Å². The van der Waals surface area contributed by atoms with Gasteiger partial charge in [-0.15, -0.1) is 0 Å². The number of carbonyl (C=O) groups excluding carboxylic acids is 1. The average molecular weight is 262 g/mol. The van der Waals surface area contributed by atoms with E-state index in [1.807, 2.05) is 19.1 Å². The Bertz CT molecular complexity index is 434. The van der Waals surface area contributed by atoms with E-state index in [-0.39, 0.29) is 18.1 Å². The van der Waals surface area contributed by atoms with Crippen LogP contribution in [0.2, 0.25) is 0 Å². The van der Waals surface area contributed by atoms with E-state index in [0.29, 0.717) is 13.0 Å². The Kier molecular flexibility index (Phi) is 4.93. The first-order valence-electron chi connectivity index (χ1n) is 6.96. The molecule has 4 nitrogen and oxygen atoms in total. The lowest BCUT2D eigenvalue weighted by atomic mass is 9.95. The largest absolute Gasteiger partial charge is 0.393 e. The van der Waals surface area contributed by atoms with E-state index < -0.39 is 0 Å². The molecule has 19 heavy (non-hydrogen) atoms. The van der Waals surface area contributed by atoms with Crippen molar-refractivity contribution in [1.29, 1.82) is 0 Å². The Morgan fingerprint density at radius 2 is 2.21 bits per heavy atom. The van der Waals surface area contributed by atoms with Gasteiger partial charge in [0, 0.05) is 13.1 Å². The van der Waals surface area contributed by atoms with Crippen molar-refractivity contribution in [2.45, 2.75) is 44.9 Å². The average Bonchev–Trinajstić information content (AvgIpc) is 2.46. The molecule has 1 aromatic rings. The minimum atomic E-state index is -0.319. The second-order valence-electron chi connectivity index (χ2n) is 5.05. The van der Waals surface area contributed by atoms with Gasteiger partial charge in [0.2, 0.25) is 5.91 Å². The first kappa shape index (κ1) is 14.0. The lowest BCUT2D eigenvalue weighted by Gasteiger charge is -2.25. The van der Waals surface area contributed by atoms with Crippen LogP contribution in [0.3, 0.4) is 0 Å². The zero-order valence-electron chi connectivity index (χ0n) is 11.4. The molecule has 1 heterocycles. The van der Waals surface area contributed by atoms with Crippen molar-refractivity contribution in [3.8, 4) is 0 Å². The quantitative estimate of drug-likeness (QED) is 0.741. The zero-order valence-corrected chi connectivity index (χ0v) is 11.4. The SMILES string of the molecule is CCC(O)CCNC(=O)[C@@H]1Cc2ccccc2CN1. The lowest BCUT2D eigenvalue weighted by Crippen LogP contribution is -2.48. The fourth-order valence-corrected chi connectivity index (χ4v) is 2.33. The zero-order chi connectivity index (χ0) is 13.7. The van der Waals surface area contributed by atoms with Crippen LogP contribution in [-0.4, -0.2) is 29.7 Å². The molecule has 0 aromatic heterocycles. The highest BCUT2D eigenvalue weighted by atomic mass is 16.3. The van der Waals surface area contributed by atoms with Crippen LogP contribution in [0, 0.1) is 0 Å². The van der Waals surface area contributed by atoms with Crippen LogP contribution in [-0.2, 0) is 17.8 Å². The number of hydrogen-bond donors (Lipinski definition) is 3. The highest BCUT2D eigenvalue weighted by molar-refractivity contribution is 5.82. The smallest absolute Gasteiger partial charge is 0.237 e. The fraction of sp³-hybridized carbons (Fsp3) is 0.533. The van der Waals surface area contributed by atoms with Crippen LogP contribution in [0.15, 0.2) is 24.3 Å². The van der Waals surface area contributed by atoms with Crippen LogP contribution >= 0.6 is 0 Å². The minimum Gasteiger partial charge on any atom is -0.393 e. The van der Waals surface area contributed by atoms with Crippen molar-refractivity contribution < 1.29 is 9.90 Å². The van der Waals surface area contributed by atoms with Crippen LogP contribution in [0.25, 0.3) is 0 Å². The Hall–Kier alpha value is -1.39. The van der Waals surface area contributed by atoms with Gasteiger partial charge >= 0.3 is 0 Å². The molecule has 0 radical (unpaired) electrons. The molecular formula is C15H22N2O2. The molecule has 1 aliphatic rings. The van der Waals surface area contributed by atoms with E-state index in [0.717, 1.165) is 19.4 Å². The molecule has 0 saturated heterocycles. The van der Waals surface area contributed by atoms with Gasteiger partial charge < -0.3 is 15.7 Å². The highest BCUT2D eigenvalue weighted by Gasteiger charge is 2.23.